The van der Waals surface area contributed by atoms with Crippen LogP contribution in [0.3, 0.4) is 0 Å². The predicted molar refractivity (Wildman–Crippen MR) is 136 cm³/mol. The van der Waals surface area contributed by atoms with E-state index in [9.17, 15) is 14.0 Å². The second kappa shape index (κ2) is 10.7. The van der Waals surface area contributed by atoms with Gasteiger partial charge in [-0.2, -0.15) is 5.10 Å². The molecule has 1 saturated carbocycles. The quantitative estimate of drug-likeness (QED) is 0.422. The predicted octanol–water partition coefficient (Wildman–Crippen LogP) is 5.73. The number of esters is 1. The number of carbonyl (C=O) groups is 2. The van der Waals surface area contributed by atoms with Crippen LogP contribution in [-0.2, 0) is 20.7 Å². The van der Waals surface area contributed by atoms with Gasteiger partial charge in [0.2, 0.25) is 0 Å². The number of rotatable bonds is 6. The van der Waals surface area contributed by atoms with Crippen LogP contribution < -0.4 is 0 Å². The molecule has 0 aromatic heterocycles. The highest BCUT2D eigenvalue weighted by atomic mass is 19.1. The molecule has 6 heteroatoms. The van der Waals surface area contributed by atoms with Gasteiger partial charge in [0.1, 0.15) is 5.82 Å². The van der Waals surface area contributed by atoms with E-state index in [0.717, 1.165) is 41.7 Å². The average Bonchev–Trinajstić information content (AvgIpc) is 3.31. The van der Waals surface area contributed by atoms with Gasteiger partial charge in [-0.3, -0.25) is 9.59 Å². The SMILES string of the molecule is O=C(Cc1ccc(F)cc1)OCC(=O)N1N=C2/C(=C\c3ccccc3)CCC[C@H]2[C@@H]1c1ccccc1. The lowest BCUT2D eigenvalue weighted by Crippen LogP contribution is -2.34. The van der Waals surface area contributed by atoms with E-state index in [4.69, 9.17) is 9.84 Å². The summed E-state index contributed by atoms with van der Waals surface area (Å²) in [5.41, 5.74) is 4.81. The minimum Gasteiger partial charge on any atom is -0.455 e. The number of hydrazone groups is 1. The molecule has 0 N–H and O–H groups in total. The molecule has 1 aliphatic heterocycles. The summed E-state index contributed by atoms with van der Waals surface area (Å²) in [6.45, 7) is -0.398. The van der Waals surface area contributed by atoms with Crippen molar-refractivity contribution in [1.82, 2.24) is 5.01 Å². The number of benzene rings is 3. The summed E-state index contributed by atoms with van der Waals surface area (Å²) >= 11 is 0. The molecule has 1 amide bonds. The molecule has 1 fully saturated rings. The molecule has 0 saturated heterocycles. The van der Waals surface area contributed by atoms with Gasteiger partial charge in [0.15, 0.2) is 6.61 Å². The molecule has 1 aliphatic carbocycles. The summed E-state index contributed by atoms with van der Waals surface area (Å²) in [7, 11) is 0. The fraction of sp³-hybridized carbons (Fsp3) is 0.233. The lowest BCUT2D eigenvalue weighted by molar-refractivity contribution is -0.152. The third-order valence-corrected chi connectivity index (χ3v) is 6.66. The van der Waals surface area contributed by atoms with Gasteiger partial charge in [-0.25, -0.2) is 9.40 Å². The van der Waals surface area contributed by atoms with Crippen molar-refractivity contribution in [2.24, 2.45) is 11.0 Å². The third-order valence-electron chi connectivity index (χ3n) is 6.66. The van der Waals surface area contributed by atoms with Gasteiger partial charge in [-0.05, 0) is 59.7 Å². The van der Waals surface area contributed by atoms with E-state index < -0.39 is 12.6 Å². The number of hydrogen-bond donors (Lipinski definition) is 0. The topological polar surface area (TPSA) is 59.0 Å². The molecule has 5 rings (SSSR count). The van der Waals surface area contributed by atoms with E-state index >= 15 is 0 Å². The molecule has 2 aliphatic rings. The number of hydrogen-bond acceptors (Lipinski definition) is 4. The highest BCUT2D eigenvalue weighted by molar-refractivity contribution is 6.08. The average molecular weight is 483 g/mol. The number of fused-ring (bicyclic) bond motifs is 1. The molecular weight excluding hydrogens is 455 g/mol. The summed E-state index contributed by atoms with van der Waals surface area (Å²) in [6.07, 6.45) is 4.97. The van der Waals surface area contributed by atoms with E-state index in [1.54, 1.807) is 0 Å². The summed E-state index contributed by atoms with van der Waals surface area (Å²) in [6, 6.07) is 25.4. The summed E-state index contributed by atoms with van der Waals surface area (Å²) in [5.74, 6) is -1.20. The zero-order valence-electron chi connectivity index (χ0n) is 19.8. The highest BCUT2D eigenvalue weighted by Crippen LogP contribution is 2.44. The normalized spacial score (nSPS) is 20.1. The number of halogens is 1. The lowest BCUT2D eigenvalue weighted by atomic mass is 9.77. The van der Waals surface area contributed by atoms with E-state index in [-0.39, 0.29) is 30.1 Å². The van der Waals surface area contributed by atoms with Gasteiger partial charge >= 0.3 is 5.97 Å². The molecule has 0 spiro atoms. The Morgan fingerprint density at radius 2 is 1.67 bits per heavy atom. The largest absolute Gasteiger partial charge is 0.455 e. The standard InChI is InChI=1S/C30H27FN2O3/c31-25-16-14-22(15-17-25)19-28(35)36-20-27(34)33-30(23-10-5-2-6-11-23)26-13-7-12-24(29(26)32-33)18-21-8-3-1-4-9-21/h1-6,8-11,14-18,26,30H,7,12-13,19-20H2/b24-18-/t26-,30+/m1/s1. The van der Waals surface area contributed by atoms with Crippen LogP contribution in [0, 0.1) is 11.7 Å². The number of amides is 1. The third kappa shape index (κ3) is 5.28. The van der Waals surface area contributed by atoms with Crippen LogP contribution in [0.4, 0.5) is 4.39 Å². The Morgan fingerprint density at radius 3 is 2.39 bits per heavy atom. The van der Waals surface area contributed by atoms with E-state index in [1.807, 2.05) is 48.5 Å². The van der Waals surface area contributed by atoms with Crippen molar-refractivity contribution in [3.05, 3.63) is 113 Å². The maximum Gasteiger partial charge on any atom is 0.310 e. The minimum atomic E-state index is -0.542. The van der Waals surface area contributed by atoms with E-state index in [2.05, 4.69) is 18.2 Å². The molecule has 3 aromatic rings. The fourth-order valence-corrected chi connectivity index (χ4v) is 4.97. The lowest BCUT2D eigenvalue weighted by Gasteiger charge is -2.29. The van der Waals surface area contributed by atoms with E-state index in [1.165, 1.54) is 29.3 Å². The highest BCUT2D eigenvalue weighted by Gasteiger charge is 2.43. The van der Waals surface area contributed by atoms with Crippen molar-refractivity contribution in [2.45, 2.75) is 31.7 Å². The van der Waals surface area contributed by atoms with Gasteiger partial charge in [-0.15, -0.1) is 0 Å². The first kappa shape index (κ1) is 23.7. The summed E-state index contributed by atoms with van der Waals surface area (Å²) in [4.78, 5) is 25.7. The Morgan fingerprint density at radius 1 is 0.972 bits per heavy atom. The maximum absolute atomic E-state index is 13.3. The fourth-order valence-electron chi connectivity index (χ4n) is 4.97. The minimum absolute atomic E-state index is 0.0310. The van der Waals surface area contributed by atoms with Crippen molar-refractivity contribution in [2.75, 3.05) is 6.61 Å². The van der Waals surface area contributed by atoms with Crippen LogP contribution in [0.5, 0.6) is 0 Å². The maximum atomic E-state index is 13.3. The Balaban J connectivity index is 1.36. The Labute approximate surface area is 209 Å². The Kier molecular flexibility index (Phi) is 7.03. The van der Waals surface area contributed by atoms with Gasteiger partial charge in [-0.1, -0.05) is 72.8 Å². The molecule has 0 unspecified atom stereocenters. The van der Waals surface area contributed by atoms with Crippen LogP contribution in [0.25, 0.3) is 6.08 Å². The van der Waals surface area contributed by atoms with Crippen molar-refractivity contribution in [1.29, 1.82) is 0 Å². The molecule has 1 heterocycles. The van der Waals surface area contributed by atoms with Gasteiger partial charge in [0.25, 0.3) is 5.91 Å². The van der Waals surface area contributed by atoms with Gasteiger partial charge in [0.05, 0.1) is 18.2 Å². The molecule has 0 bridgehead atoms. The first-order valence-electron chi connectivity index (χ1n) is 12.2. The van der Waals surface area contributed by atoms with Crippen LogP contribution in [-0.4, -0.2) is 29.2 Å². The first-order chi connectivity index (χ1) is 17.6. The molecule has 182 valence electrons. The molecule has 36 heavy (non-hydrogen) atoms. The van der Waals surface area contributed by atoms with Crippen LogP contribution in [0.1, 0.15) is 42.0 Å². The van der Waals surface area contributed by atoms with Crippen molar-refractivity contribution in [3.63, 3.8) is 0 Å². The number of nitrogens with zero attached hydrogens (tertiary/aromatic N) is 2. The van der Waals surface area contributed by atoms with Crippen LogP contribution in [0.2, 0.25) is 0 Å². The van der Waals surface area contributed by atoms with Gasteiger partial charge < -0.3 is 4.74 Å². The molecule has 2 atom stereocenters. The van der Waals surface area contributed by atoms with Crippen LogP contribution >= 0.6 is 0 Å². The second-order valence-corrected chi connectivity index (χ2v) is 9.12. The number of carbonyl (C=O) groups excluding carboxylic acids is 2. The first-order valence-corrected chi connectivity index (χ1v) is 12.2. The van der Waals surface area contributed by atoms with Gasteiger partial charge in [0, 0.05) is 5.92 Å². The Bertz CT molecular complexity index is 1290. The number of allylic oxidation sites excluding steroid dienone is 1. The molecule has 0 radical (unpaired) electrons. The zero-order valence-corrected chi connectivity index (χ0v) is 19.8. The Hall–Kier alpha value is -4.06. The monoisotopic (exact) mass is 482 g/mol. The summed E-state index contributed by atoms with van der Waals surface area (Å²) < 4.78 is 18.4. The summed E-state index contributed by atoms with van der Waals surface area (Å²) in [5, 5.41) is 6.32. The van der Waals surface area contributed by atoms with Crippen molar-refractivity contribution < 1.29 is 18.7 Å². The molecular formula is C30H27FN2O3. The van der Waals surface area contributed by atoms with Crippen LogP contribution in [0.15, 0.2) is 95.6 Å². The smallest absolute Gasteiger partial charge is 0.310 e. The zero-order chi connectivity index (χ0) is 24.9. The molecule has 5 nitrogen and oxygen atoms in total. The molecule has 3 aromatic carbocycles. The van der Waals surface area contributed by atoms with E-state index in [0.29, 0.717) is 5.56 Å². The van der Waals surface area contributed by atoms with Crippen molar-refractivity contribution >= 4 is 23.7 Å². The number of ether oxygens (including phenoxy) is 1. The van der Waals surface area contributed by atoms with Crippen molar-refractivity contribution in [3.8, 4) is 0 Å². The second-order valence-electron chi connectivity index (χ2n) is 9.12.